The average Bonchev–Trinajstić information content (AvgIpc) is 2.96. The Morgan fingerprint density at radius 3 is 2.53 bits per heavy atom. The van der Waals surface area contributed by atoms with Gasteiger partial charge in [0.25, 0.3) is 0 Å². The van der Waals surface area contributed by atoms with Crippen LogP contribution < -0.4 is 5.32 Å². The highest BCUT2D eigenvalue weighted by Crippen LogP contribution is 2.41. The molecule has 1 atom stereocenters. The van der Waals surface area contributed by atoms with Crippen molar-refractivity contribution in [2.45, 2.75) is 50.5 Å². The van der Waals surface area contributed by atoms with Crippen LogP contribution in [0.25, 0.3) is 0 Å². The topological polar surface area (TPSA) is 49.3 Å². The van der Waals surface area contributed by atoms with E-state index in [4.69, 9.17) is 0 Å². The molecule has 1 amide bonds. The summed E-state index contributed by atoms with van der Waals surface area (Å²) < 4.78 is 0. The van der Waals surface area contributed by atoms with Crippen LogP contribution in [-0.4, -0.2) is 23.7 Å². The molecule has 0 heterocycles. The highest BCUT2D eigenvalue weighted by Gasteiger charge is 2.42. The number of benzene rings is 1. The summed E-state index contributed by atoms with van der Waals surface area (Å²) in [5, 5.41) is 12.5. The third-order valence-electron chi connectivity index (χ3n) is 4.19. The molecule has 2 N–H and O–H groups in total. The van der Waals surface area contributed by atoms with Gasteiger partial charge in [-0.05, 0) is 24.8 Å². The number of aliphatic hydroxyl groups excluding tert-OH is 1. The van der Waals surface area contributed by atoms with Gasteiger partial charge in [0.2, 0.25) is 5.91 Å². The van der Waals surface area contributed by atoms with E-state index in [1.807, 2.05) is 37.3 Å². The number of carbonyl (C=O) groups is 1. The van der Waals surface area contributed by atoms with Crippen LogP contribution in [0.5, 0.6) is 0 Å². The maximum Gasteiger partial charge on any atom is 0.230 e. The summed E-state index contributed by atoms with van der Waals surface area (Å²) in [6, 6.07) is 10.0. The van der Waals surface area contributed by atoms with Crippen molar-refractivity contribution in [1.82, 2.24) is 5.32 Å². The van der Waals surface area contributed by atoms with Crippen LogP contribution >= 0.6 is 0 Å². The molecule has 0 radical (unpaired) electrons. The first-order chi connectivity index (χ1) is 9.19. The maximum atomic E-state index is 12.6. The Morgan fingerprint density at radius 2 is 1.95 bits per heavy atom. The minimum absolute atomic E-state index is 0.0729. The smallest absolute Gasteiger partial charge is 0.230 e. The van der Waals surface area contributed by atoms with Crippen molar-refractivity contribution in [2.24, 2.45) is 0 Å². The number of rotatable bonds is 5. The molecule has 0 aliphatic heterocycles. The second-order valence-corrected chi connectivity index (χ2v) is 5.43. The summed E-state index contributed by atoms with van der Waals surface area (Å²) in [5.41, 5.74) is 0.727. The molecular weight excluding hydrogens is 238 g/mol. The molecule has 3 heteroatoms. The molecule has 19 heavy (non-hydrogen) atoms. The molecule has 1 aliphatic rings. The normalized spacial score (nSPS) is 19.1. The van der Waals surface area contributed by atoms with Gasteiger partial charge in [-0.1, -0.05) is 50.1 Å². The van der Waals surface area contributed by atoms with Crippen molar-refractivity contribution < 1.29 is 9.90 Å². The summed E-state index contributed by atoms with van der Waals surface area (Å²) in [6.45, 7) is 2.27. The van der Waals surface area contributed by atoms with Crippen LogP contribution in [-0.2, 0) is 10.2 Å². The Labute approximate surface area is 115 Å². The molecule has 0 saturated heterocycles. The number of carbonyl (C=O) groups excluding carboxylic acids is 1. The van der Waals surface area contributed by atoms with Gasteiger partial charge >= 0.3 is 0 Å². The lowest BCUT2D eigenvalue weighted by Crippen LogP contribution is -2.45. The molecule has 2 rings (SSSR count). The van der Waals surface area contributed by atoms with Gasteiger partial charge < -0.3 is 10.4 Å². The van der Waals surface area contributed by atoms with Gasteiger partial charge in [-0.3, -0.25) is 4.79 Å². The van der Waals surface area contributed by atoms with E-state index in [1.165, 1.54) is 0 Å². The van der Waals surface area contributed by atoms with Crippen LogP contribution in [0.3, 0.4) is 0 Å². The lowest BCUT2D eigenvalue weighted by molar-refractivity contribution is -0.127. The fourth-order valence-corrected chi connectivity index (χ4v) is 2.91. The third-order valence-corrected chi connectivity index (χ3v) is 4.19. The quantitative estimate of drug-likeness (QED) is 0.855. The van der Waals surface area contributed by atoms with Gasteiger partial charge in [0.15, 0.2) is 0 Å². The highest BCUT2D eigenvalue weighted by atomic mass is 16.3. The minimum Gasteiger partial charge on any atom is -0.391 e. The van der Waals surface area contributed by atoms with Crippen molar-refractivity contribution in [3.8, 4) is 0 Å². The number of nitrogens with one attached hydrogen (secondary N) is 1. The largest absolute Gasteiger partial charge is 0.391 e. The van der Waals surface area contributed by atoms with Crippen molar-refractivity contribution in [3.05, 3.63) is 35.9 Å². The second kappa shape index (κ2) is 6.20. The van der Waals surface area contributed by atoms with Gasteiger partial charge in [0.05, 0.1) is 11.5 Å². The maximum absolute atomic E-state index is 12.6. The summed E-state index contributed by atoms with van der Waals surface area (Å²) in [5.74, 6) is 0.0729. The third kappa shape index (κ3) is 2.98. The zero-order valence-electron chi connectivity index (χ0n) is 11.6. The number of hydrogen-bond donors (Lipinski definition) is 2. The monoisotopic (exact) mass is 261 g/mol. The molecule has 3 nitrogen and oxygen atoms in total. The van der Waals surface area contributed by atoms with Gasteiger partial charge in [-0.15, -0.1) is 0 Å². The Hall–Kier alpha value is -1.35. The minimum atomic E-state index is -0.446. The van der Waals surface area contributed by atoms with E-state index in [2.05, 4.69) is 5.32 Å². The summed E-state index contributed by atoms with van der Waals surface area (Å²) in [7, 11) is 0. The van der Waals surface area contributed by atoms with Gasteiger partial charge in [0, 0.05) is 6.54 Å². The van der Waals surface area contributed by atoms with Gasteiger partial charge in [-0.2, -0.15) is 0 Å². The molecule has 0 aromatic heterocycles. The zero-order chi connectivity index (χ0) is 13.7. The average molecular weight is 261 g/mol. The van der Waals surface area contributed by atoms with Crippen LogP contribution in [0.15, 0.2) is 30.3 Å². The fourth-order valence-electron chi connectivity index (χ4n) is 2.91. The molecule has 1 aromatic rings. The van der Waals surface area contributed by atoms with E-state index in [9.17, 15) is 9.90 Å². The Morgan fingerprint density at radius 1 is 1.32 bits per heavy atom. The molecule has 1 fully saturated rings. The van der Waals surface area contributed by atoms with E-state index in [0.717, 1.165) is 31.2 Å². The number of aliphatic hydroxyl groups is 1. The Balaban J connectivity index is 2.14. The predicted molar refractivity (Wildman–Crippen MR) is 75.9 cm³/mol. The van der Waals surface area contributed by atoms with Crippen LogP contribution in [0, 0.1) is 0 Å². The van der Waals surface area contributed by atoms with E-state index >= 15 is 0 Å². The second-order valence-electron chi connectivity index (χ2n) is 5.43. The standard InChI is InChI=1S/C16H23NO2/c1-2-14(18)12-17-15(19)16(10-6-7-11-16)13-8-4-3-5-9-13/h3-5,8-9,14,18H,2,6-7,10-12H2,1H3,(H,17,19). The van der Waals surface area contributed by atoms with Crippen molar-refractivity contribution in [1.29, 1.82) is 0 Å². The van der Waals surface area contributed by atoms with E-state index in [0.29, 0.717) is 13.0 Å². The first-order valence-electron chi connectivity index (χ1n) is 7.21. The zero-order valence-corrected chi connectivity index (χ0v) is 11.6. The lowest BCUT2D eigenvalue weighted by atomic mass is 9.78. The summed E-state index contributed by atoms with van der Waals surface area (Å²) >= 11 is 0. The predicted octanol–water partition coefficient (Wildman–Crippen LogP) is 2.39. The molecule has 0 bridgehead atoms. The van der Waals surface area contributed by atoms with E-state index in [-0.39, 0.29) is 11.3 Å². The van der Waals surface area contributed by atoms with E-state index in [1.54, 1.807) is 0 Å². The molecule has 0 spiro atoms. The van der Waals surface area contributed by atoms with Crippen LogP contribution in [0.1, 0.15) is 44.6 Å². The van der Waals surface area contributed by atoms with Gasteiger partial charge in [-0.25, -0.2) is 0 Å². The molecule has 1 aromatic carbocycles. The molecule has 104 valence electrons. The summed E-state index contributed by atoms with van der Waals surface area (Å²) in [4.78, 5) is 12.6. The molecule has 1 saturated carbocycles. The Bertz CT molecular complexity index is 410. The highest BCUT2D eigenvalue weighted by molar-refractivity contribution is 5.88. The number of amides is 1. The lowest BCUT2D eigenvalue weighted by Gasteiger charge is -2.28. The summed E-state index contributed by atoms with van der Waals surface area (Å²) in [6.07, 6.45) is 4.23. The fraction of sp³-hybridized carbons (Fsp3) is 0.562. The van der Waals surface area contributed by atoms with Crippen molar-refractivity contribution >= 4 is 5.91 Å². The number of hydrogen-bond acceptors (Lipinski definition) is 2. The van der Waals surface area contributed by atoms with Crippen LogP contribution in [0.2, 0.25) is 0 Å². The van der Waals surface area contributed by atoms with Crippen molar-refractivity contribution in [2.75, 3.05) is 6.54 Å². The first-order valence-corrected chi connectivity index (χ1v) is 7.21. The first kappa shape index (κ1) is 14.1. The molecule has 1 unspecified atom stereocenters. The van der Waals surface area contributed by atoms with Gasteiger partial charge in [0.1, 0.15) is 0 Å². The molecule has 1 aliphatic carbocycles. The van der Waals surface area contributed by atoms with Crippen LogP contribution in [0.4, 0.5) is 0 Å². The SMILES string of the molecule is CCC(O)CNC(=O)C1(c2ccccc2)CCCC1. The van der Waals surface area contributed by atoms with Crippen molar-refractivity contribution in [3.63, 3.8) is 0 Å². The van der Waals surface area contributed by atoms with E-state index < -0.39 is 6.10 Å². The molecular formula is C16H23NO2. The Kier molecular flexibility index (Phi) is 4.59.